The van der Waals surface area contributed by atoms with Gasteiger partial charge in [-0.25, -0.2) is 9.37 Å². The first-order valence-electron chi connectivity index (χ1n) is 8.23. The minimum Gasteiger partial charge on any atom is -0.309 e. The molecule has 0 unspecified atom stereocenters. The van der Waals surface area contributed by atoms with E-state index in [0.29, 0.717) is 22.8 Å². The number of carbonyl (C=O) groups excluding carboxylic acids is 1. The smallest absolute Gasteiger partial charge is 0.260 e. The van der Waals surface area contributed by atoms with Gasteiger partial charge in [0.2, 0.25) is 0 Å². The van der Waals surface area contributed by atoms with E-state index < -0.39 is 0 Å². The zero-order valence-electron chi connectivity index (χ0n) is 15.0. The van der Waals surface area contributed by atoms with Crippen LogP contribution in [0.3, 0.4) is 0 Å². The lowest BCUT2D eigenvalue weighted by molar-refractivity contribution is 0.0986. The minimum atomic E-state index is -0.367. The zero-order chi connectivity index (χ0) is 18.7. The molecule has 0 aliphatic carbocycles. The molecular formula is C19H20BrClFN3OS. The number of hydrogen-bond acceptors (Lipinski definition) is 4. The normalized spacial score (nSPS) is 10.9. The second kappa shape index (κ2) is 9.59. The van der Waals surface area contributed by atoms with Crippen molar-refractivity contribution in [2.75, 3.05) is 32.1 Å². The van der Waals surface area contributed by atoms with Crippen molar-refractivity contribution in [2.45, 2.75) is 6.42 Å². The van der Waals surface area contributed by atoms with E-state index in [4.69, 9.17) is 0 Å². The molecule has 0 spiro atoms. The molecule has 3 rings (SSSR count). The van der Waals surface area contributed by atoms with Crippen molar-refractivity contribution in [3.8, 4) is 0 Å². The van der Waals surface area contributed by atoms with Crippen LogP contribution in [0, 0.1) is 5.82 Å². The van der Waals surface area contributed by atoms with Crippen LogP contribution in [0.1, 0.15) is 16.8 Å². The maximum absolute atomic E-state index is 14.0. The van der Waals surface area contributed by atoms with Crippen LogP contribution in [0.25, 0.3) is 10.2 Å². The maximum atomic E-state index is 14.0. The molecule has 8 heteroatoms. The van der Waals surface area contributed by atoms with Crippen LogP contribution in [-0.4, -0.2) is 43.0 Å². The fraction of sp³-hybridized carbons (Fsp3) is 0.263. The molecule has 0 N–H and O–H groups in total. The van der Waals surface area contributed by atoms with Gasteiger partial charge in [0, 0.05) is 16.6 Å². The Hall–Kier alpha value is -1.54. The van der Waals surface area contributed by atoms with Gasteiger partial charge in [0.25, 0.3) is 5.91 Å². The molecule has 4 nitrogen and oxygen atoms in total. The fourth-order valence-corrected chi connectivity index (χ4v) is 4.03. The Labute approximate surface area is 176 Å². The van der Waals surface area contributed by atoms with Crippen LogP contribution >= 0.6 is 39.7 Å². The van der Waals surface area contributed by atoms with Crippen molar-refractivity contribution < 1.29 is 9.18 Å². The van der Waals surface area contributed by atoms with Crippen molar-refractivity contribution in [3.63, 3.8) is 0 Å². The molecule has 0 atom stereocenters. The van der Waals surface area contributed by atoms with Crippen LogP contribution in [0.15, 0.2) is 46.9 Å². The van der Waals surface area contributed by atoms with E-state index in [1.165, 1.54) is 17.4 Å². The summed E-state index contributed by atoms with van der Waals surface area (Å²) in [6.45, 7) is 1.37. The minimum absolute atomic E-state index is 0. The first-order chi connectivity index (χ1) is 12.5. The van der Waals surface area contributed by atoms with Gasteiger partial charge in [-0.2, -0.15) is 0 Å². The molecule has 2 aromatic carbocycles. The Kier molecular flexibility index (Phi) is 7.73. The maximum Gasteiger partial charge on any atom is 0.260 e. The summed E-state index contributed by atoms with van der Waals surface area (Å²) in [5.41, 5.74) is 0.885. The number of halogens is 3. The van der Waals surface area contributed by atoms with E-state index in [9.17, 15) is 9.18 Å². The Morgan fingerprint density at radius 3 is 2.59 bits per heavy atom. The van der Waals surface area contributed by atoms with E-state index in [1.807, 2.05) is 32.3 Å². The molecule has 144 valence electrons. The Morgan fingerprint density at radius 2 is 1.93 bits per heavy atom. The van der Waals surface area contributed by atoms with Gasteiger partial charge in [-0.05, 0) is 57.4 Å². The van der Waals surface area contributed by atoms with Crippen LogP contribution in [0.4, 0.5) is 9.52 Å². The van der Waals surface area contributed by atoms with Crippen LogP contribution in [-0.2, 0) is 0 Å². The highest BCUT2D eigenvalue weighted by Crippen LogP contribution is 2.31. The standard InChI is InChI=1S/C19H19BrFN3OS.ClH/c1-23(2)10-5-11-24(18(25)13-6-3-7-14(20)12-13)19-22-17-15(21)8-4-9-16(17)26-19;/h3-4,6-9,12H,5,10-11H2,1-2H3;1H. The van der Waals surface area contributed by atoms with Crippen LogP contribution in [0.2, 0.25) is 0 Å². The highest BCUT2D eigenvalue weighted by Gasteiger charge is 2.22. The number of aromatic nitrogens is 1. The fourth-order valence-electron chi connectivity index (χ4n) is 2.63. The quantitative estimate of drug-likeness (QED) is 0.494. The number of hydrogen-bond donors (Lipinski definition) is 0. The van der Waals surface area contributed by atoms with Crippen molar-refractivity contribution in [1.29, 1.82) is 0 Å². The van der Waals surface area contributed by atoms with Gasteiger partial charge in [-0.1, -0.05) is 39.4 Å². The predicted octanol–water partition coefficient (Wildman–Crippen LogP) is 5.22. The van der Waals surface area contributed by atoms with Crippen LogP contribution < -0.4 is 4.90 Å². The van der Waals surface area contributed by atoms with Gasteiger partial charge in [-0.3, -0.25) is 9.69 Å². The molecule has 1 heterocycles. The Balaban J connectivity index is 0.00000261. The second-order valence-electron chi connectivity index (χ2n) is 6.21. The molecule has 1 aromatic heterocycles. The third-order valence-electron chi connectivity index (χ3n) is 3.89. The summed E-state index contributed by atoms with van der Waals surface area (Å²) in [6.07, 6.45) is 0.797. The summed E-state index contributed by atoms with van der Waals surface area (Å²) < 4.78 is 15.6. The number of para-hydroxylation sites is 1. The van der Waals surface area contributed by atoms with E-state index in [2.05, 4.69) is 25.8 Å². The van der Waals surface area contributed by atoms with Gasteiger partial charge in [-0.15, -0.1) is 12.4 Å². The number of fused-ring (bicyclic) bond motifs is 1. The molecule has 0 saturated carbocycles. The SMILES string of the molecule is CN(C)CCCN(C(=O)c1cccc(Br)c1)c1nc2c(F)cccc2s1.Cl. The van der Waals surface area contributed by atoms with Crippen molar-refractivity contribution in [1.82, 2.24) is 9.88 Å². The number of amides is 1. The summed E-state index contributed by atoms with van der Waals surface area (Å²) in [4.78, 5) is 21.2. The third-order valence-corrected chi connectivity index (χ3v) is 5.43. The monoisotopic (exact) mass is 471 g/mol. The average molecular weight is 473 g/mol. The van der Waals surface area contributed by atoms with E-state index in [-0.39, 0.29) is 24.1 Å². The van der Waals surface area contributed by atoms with E-state index in [0.717, 1.165) is 22.1 Å². The van der Waals surface area contributed by atoms with Gasteiger partial charge < -0.3 is 4.90 Å². The third kappa shape index (κ3) is 5.25. The van der Waals surface area contributed by atoms with Gasteiger partial charge >= 0.3 is 0 Å². The summed E-state index contributed by atoms with van der Waals surface area (Å²) in [7, 11) is 3.99. The number of thiazole rings is 1. The lowest BCUT2D eigenvalue weighted by Gasteiger charge is -2.21. The Morgan fingerprint density at radius 1 is 1.19 bits per heavy atom. The number of anilines is 1. The molecule has 0 radical (unpaired) electrons. The number of carbonyl (C=O) groups is 1. The number of benzene rings is 2. The molecule has 0 aliphatic rings. The van der Waals surface area contributed by atoms with E-state index >= 15 is 0 Å². The van der Waals surface area contributed by atoms with Gasteiger partial charge in [0.1, 0.15) is 11.3 Å². The average Bonchev–Trinajstić information content (AvgIpc) is 3.03. The topological polar surface area (TPSA) is 36.4 Å². The van der Waals surface area contributed by atoms with Crippen molar-refractivity contribution in [2.24, 2.45) is 0 Å². The molecule has 0 bridgehead atoms. The van der Waals surface area contributed by atoms with E-state index in [1.54, 1.807) is 23.1 Å². The second-order valence-corrected chi connectivity index (χ2v) is 8.13. The first-order valence-corrected chi connectivity index (χ1v) is 9.84. The zero-order valence-corrected chi connectivity index (χ0v) is 18.2. The molecule has 27 heavy (non-hydrogen) atoms. The summed E-state index contributed by atoms with van der Waals surface area (Å²) in [6, 6.07) is 12.1. The number of rotatable bonds is 6. The van der Waals surface area contributed by atoms with Crippen molar-refractivity contribution in [3.05, 3.63) is 58.3 Å². The summed E-state index contributed by atoms with van der Waals surface area (Å²) in [5, 5.41) is 0.522. The highest BCUT2D eigenvalue weighted by atomic mass is 79.9. The highest BCUT2D eigenvalue weighted by molar-refractivity contribution is 9.10. The first kappa shape index (κ1) is 21.8. The van der Waals surface area contributed by atoms with Crippen LogP contribution in [0.5, 0.6) is 0 Å². The van der Waals surface area contributed by atoms with Gasteiger partial charge in [0.15, 0.2) is 5.13 Å². The molecule has 3 aromatic rings. The van der Waals surface area contributed by atoms with Crippen molar-refractivity contribution >= 4 is 60.9 Å². The molecule has 0 saturated heterocycles. The molecular weight excluding hydrogens is 453 g/mol. The molecule has 0 fully saturated rings. The van der Waals surface area contributed by atoms with Gasteiger partial charge in [0.05, 0.1) is 4.70 Å². The predicted molar refractivity (Wildman–Crippen MR) is 116 cm³/mol. The molecule has 1 amide bonds. The lowest BCUT2D eigenvalue weighted by Crippen LogP contribution is -2.33. The Bertz CT molecular complexity index is 934. The lowest BCUT2D eigenvalue weighted by atomic mass is 10.2. The number of nitrogens with zero attached hydrogens (tertiary/aromatic N) is 3. The largest absolute Gasteiger partial charge is 0.309 e. The molecule has 0 aliphatic heterocycles. The summed E-state index contributed by atoms with van der Waals surface area (Å²) in [5.74, 6) is -0.502. The summed E-state index contributed by atoms with van der Waals surface area (Å²) >= 11 is 4.74.